The van der Waals surface area contributed by atoms with E-state index < -0.39 is 12.0 Å². The number of benzene rings is 2. The van der Waals surface area contributed by atoms with Gasteiger partial charge in [0.05, 0.1) is 33.5 Å². The quantitative estimate of drug-likeness (QED) is 0.206. The zero-order chi connectivity index (χ0) is 28.7. The first-order valence-corrected chi connectivity index (χ1v) is 14.2. The molecular weight excluding hydrogens is 561 g/mol. The zero-order valence-electron chi connectivity index (χ0n) is 22.3. The summed E-state index contributed by atoms with van der Waals surface area (Å²) in [4.78, 5) is 37.8. The van der Waals surface area contributed by atoms with Gasteiger partial charge in [-0.1, -0.05) is 54.9 Å². The van der Waals surface area contributed by atoms with Gasteiger partial charge < -0.3 is 19.9 Å². The molecule has 2 N–H and O–H groups in total. The molecule has 208 valence electrons. The molecule has 9 nitrogen and oxygen atoms in total. The van der Waals surface area contributed by atoms with Crippen molar-refractivity contribution in [2.45, 2.75) is 58.5 Å². The van der Waals surface area contributed by atoms with Crippen LogP contribution in [0.1, 0.15) is 67.2 Å². The highest BCUT2D eigenvalue weighted by Crippen LogP contribution is 2.27. The van der Waals surface area contributed by atoms with Crippen molar-refractivity contribution in [2.24, 2.45) is 5.92 Å². The molecule has 39 heavy (non-hydrogen) atoms. The highest BCUT2D eigenvalue weighted by Gasteiger charge is 2.26. The van der Waals surface area contributed by atoms with Crippen LogP contribution in [0.5, 0.6) is 0 Å². The number of hydrogen-bond donors (Lipinski definition) is 2. The Hall–Kier alpha value is -3.08. The number of thioether (sulfide) groups is 1. The maximum absolute atomic E-state index is 13.0. The van der Waals surface area contributed by atoms with E-state index in [4.69, 9.17) is 27.9 Å². The molecule has 0 fully saturated rings. The Bertz CT molecular complexity index is 1350. The summed E-state index contributed by atoms with van der Waals surface area (Å²) in [5.41, 5.74) is 1.22. The van der Waals surface area contributed by atoms with Crippen LogP contribution in [0.25, 0.3) is 0 Å². The van der Waals surface area contributed by atoms with Crippen LogP contribution < -0.4 is 10.6 Å². The first-order chi connectivity index (χ1) is 18.5. The van der Waals surface area contributed by atoms with Crippen molar-refractivity contribution >= 4 is 58.4 Å². The van der Waals surface area contributed by atoms with E-state index in [0.29, 0.717) is 44.4 Å². The maximum Gasteiger partial charge on any atom is 0.338 e. The van der Waals surface area contributed by atoms with Crippen LogP contribution in [0.2, 0.25) is 10.0 Å². The number of hydrogen-bond acceptors (Lipinski definition) is 7. The Morgan fingerprint density at radius 3 is 2.38 bits per heavy atom. The Morgan fingerprint density at radius 2 is 1.74 bits per heavy atom. The molecule has 0 spiro atoms. The van der Waals surface area contributed by atoms with Gasteiger partial charge in [0.25, 0.3) is 5.91 Å². The molecule has 1 heterocycles. The van der Waals surface area contributed by atoms with Crippen LogP contribution in [0.15, 0.2) is 47.6 Å². The van der Waals surface area contributed by atoms with Crippen molar-refractivity contribution in [1.82, 2.24) is 20.1 Å². The van der Waals surface area contributed by atoms with Crippen LogP contribution in [0.3, 0.4) is 0 Å². The lowest BCUT2D eigenvalue weighted by molar-refractivity contribution is -0.113. The van der Waals surface area contributed by atoms with Crippen LogP contribution in [-0.2, 0) is 16.1 Å². The average molecular weight is 593 g/mol. The minimum absolute atomic E-state index is 0.00188. The molecule has 0 bridgehead atoms. The number of carbonyl (C=O) groups is 3. The second-order valence-corrected chi connectivity index (χ2v) is 11.0. The van der Waals surface area contributed by atoms with Crippen molar-refractivity contribution < 1.29 is 19.1 Å². The first-order valence-electron chi connectivity index (χ1n) is 12.4. The number of amides is 2. The molecule has 1 atom stereocenters. The normalized spacial score (nSPS) is 11.9. The number of carbonyl (C=O) groups excluding carboxylic acids is 3. The fourth-order valence-corrected chi connectivity index (χ4v) is 4.77. The Morgan fingerprint density at radius 1 is 1.00 bits per heavy atom. The van der Waals surface area contributed by atoms with Crippen molar-refractivity contribution in [3.63, 3.8) is 0 Å². The summed E-state index contributed by atoms with van der Waals surface area (Å²) in [5, 5.41) is 15.7. The SMILES string of the molecule is CCn1c(SCC(=O)Nc2cccc(C(=O)OC(C)C)c2)nnc1[C@H](NC(=O)c1ccc(Cl)c(Cl)c1)C(C)C. The second-order valence-electron chi connectivity index (χ2n) is 9.28. The molecule has 0 saturated heterocycles. The highest BCUT2D eigenvalue weighted by molar-refractivity contribution is 7.99. The molecule has 0 radical (unpaired) electrons. The number of nitrogens with one attached hydrogen (secondary N) is 2. The van der Waals surface area contributed by atoms with Gasteiger partial charge in [-0.2, -0.15) is 0 Å². The number of esters is 1. The highest BCUT2D eigenvalue weighted by atomic mass is 35.5. The molecule has 1 aromatic heterocycles. The molecular formula is C27H31Cl2N5O4S. The fourth-order valence-electron chi connectivity index (χ4n) is 3.66. The molecule has 0 unspecified atom stereocenters. The summed E-state index contributed by atoms with van der Waals surface area (Å²) in [6.07, 6.45) is -0.243. The van der Waals surface area contributed by atoms with Gasteiger partial charge in [0.15, 0.2) is 11.0 Å². The van der Waals surface area contributed by atoms with E-state index in [-0.39, 0.29) is 29.6 Å². The third kappa shape index (κ3) is 8.20. The summed E-state index contributed by atoms with van der Waals surface area (Å²) in [7, 11) is 0. The molecule has 0 aliphatic rings. The smallest absolute Gasteiger partial charge is 0.338 e. The minimum Gasteiger partial charge on any atom is -0.459 e. The minimum atomic E-state index is -0.454. The van der Waals surface area contributed by atoms with Gasteiger partial charge in [0, 0.05) is 17.8 Å². The van der Waals surface area contributed by atoms with Gasteiger partial charge in [-0.05, 0) is 63.1 Å². The summed E-state index contributed by atoms with van der Waals surface area (Å²) < 4.78 is 7.09. The van der Waals surface area contributed by atoms with Gasteiger partial charge in [-0.25, -0.2) is 4.79 Å². The van der Waals surface area contributed by atoms with Crippen LogP contribution in [0.4, 0.5) is 5.69 Å². The van der Waals surface area contributed by atoms with Crippen molar-refractivity contribution in [3.05, 3.63) is 69.5 Å². The van der Waals surface area contributed by atoms with Crippen LogP contribution >= 0.6 is 35.0 Å². The molecule has 3 aromatic rings. The van der Waals surface area contributed by atoms with E-state index >= 15 is 0 Å². The molecule has 2 amide bonds. The van der Waals surface area contributed by atoms with E-state index in [1.807, 2.05) is 25.3 Å². The summed E-state index contributed by atoms with van der Waals surface area (Å²) >= 11 is 13.3. The number of nitrogens with zero attached hydrogens (tertiary/aromatic N) is 3. The van der Waals surface area contributed by atoms with Crippen molar-refractivity contribution in [2.75, 3.05) is 11.1 Å². The predicted octanol–water partition coefficient (Wildman–Crippen LogP) is 6.03. The largest absolute Gasteiger partial charge is 0.459 e. The topological polar surface area (TPSA) is 115 Å². The standard InChI is InChI=1S/C27H31Cl2N5O4S/c1-6-34-24(23(15(2)3)31-25(36)17-10-11-20(28)21(29)13-17)32-33-27(34)39-14-22(35)30-19-9-7-8-18(12-19)26(37)38-16(4)5/h7-13,15-16,23H,6,14H2,1-5H3,(H,30,35)(H,31,36)/t23-/m1/s1. The van der Waals surface area contributed by atoms with Crippen molar-refractivity contribution in [1.29, 1.82) is 0 Å². The summed E-state index contributed by atoms with van der Waals surface area (Å²) in [6.45, 7) is 9.97. The lowest BCUT2D eigenvalue weighted by Crippen LogP contribution is -2.33. The van der Waals surface area contributed by atoms with Gasteiger partial charge in [0.2, 0.25) is 5.91 Å². The molecule has 3 rings (SSSR count). The molecule has 2 aromatic carbocycles. The predicted molar refractivity (Wildman–Crippen MR) is 154 cm³/mol. The Labute approximate surface area is 242 Å². The Balaban J connectivity index is 1.68. The van der Waals surface area contributed by atoms with E-state index in [1.165, 1.54) is 17.8 Å². The van der Waals surface area contributed by atoms with Gasteiger partial charge in [-0.3, -0.25) is 9.59 Å². The zero-order valence-corrected chi connectivity index (χ0v) is 24.7. The van der Waals surface area contributed by atoms with E-state index in [0.717, 1.165) is 0 Å². The third-order valence-electron chi connectivity index (χ3n) is 5.53. The van der Waals surface area contributed by atoms with Gasteiger partial charge >= 0.3 is 5.97 Å². The average Bonchev–Trinajstić information content (AvgIpc) is 3.29. The fraction of sp³-hybridized carbons (Fsp3) is 0.370. The van der Waals surface area contributed by atoms with E-state index in [9.17, 15) is 14.4 Å². The monoisotopic (exact) mass is 591 g/mol. The molecule has 0 aliphatic heterocycles. The van der Waals surface area contributed by atoms with Crippen LogP contribution in [0, 0.1) is 5.92 Å². The summed E-state index contributed by atoms with van der Waals surface area (Å²) in [5.74, 6) is -0.381. The van der Waals surface area contributed by atoms with E-state index in [2.05, 4.69) is 20.8 Å². The van der Waals surface area contributed by atoms with Gasteiger partial charge in [-0.15, -0.1) is 10.2 Å². The number of rotatable bonds is 11. The second kappa shape index (κ2) is 13.8. The number of anilines is 1. The van der Waals surface area contributed by atoms with Gasteiger partial charge in [0.1, 0.15) is 0 Å². The maximum atomic E-state index is 13.0. The third-order valence-corrected chi connectivity index (χ3v) is 7.24. The molecule has 0 saturated carbocycles. The summed E-state index contributed by atoms with van der Waals surface area (Å²) in [6, 6.07) is 10.8. The lowest BCUT2D eigenvalue weighted by Gasteiger charge is -2.22. The lowest BCUT2D eigenvalue weighted by atomic mass is 10.0. The number of ether oxygens (including phenoxy) is 1. The number of halogens is 2. The van der Waals surface area contributed by atoms with Crippen LogP contribution in [-0.4, -0.2) is 44.4 Å². The first kappa shape index (κ1) is 30.5. The molecule has 12 heteroatoms. The molecule has 0 aliphatic carbocycles. The number of aromatic nitrogens is 3. The Kier molecular flexibility index (Phi) is 10.8. The van der Waals surface area contributed by atoms with Crippen molar-refractivity contribution in [3.8, 4) is 0 Å². The van der Waals surface area contributed by atoms with E-state index in [1.54, 1.807) is 50.2 Å².